The SMILES string of the molecule is O=C(NC1CCC(Oc2ccccn2)CC1)c1cccc(I)c1. The number of carbonyl (C=O) groups excluding carboxylic acids is 1. The molecule has 2 aromatic rings. The molecule has 0 atom stereocenters. The Kier molecular flexibility index (Phi) is 5.48. The number of carbonyl (C=O) groups is 1. The van der Waals surface area contributed by atoms with E-state index in [0.29, 0.717) is 5.88 Å². The van der Waals surface area contributed by atoms with E-state index in [1.54, 1.807) is 6.20 Å². The summed E-state index contributed by atoms with van der Waals surface area (Å²) in [5, 5.41) is 3.13. The second-order valence-electron chi connectivity index (χ2n) is 5.74. The Labute approximate surface area is 149 Å². The van der Waals surface area contributed by atoms with Crippen molar-refractivity contribution in [2.75, 3.05) is 0 Å². The number of halogens is 1. The van der Waals surface area contributed by atoms with Gasteiger partial charge in [0.2, 0.25) is 5.88 Å². The van der Waals surface area contributed by atoms with Gasteiger partial charge in [-0.2, -0.15) is 0 Å². The fraction of sp³-hybridized carbons (Fsp3) is 0.333. The third-order valence-electron chi connectivity index (χ3n) is 4.02. The second kappa shape index (κ2) is 7.77. The number of benzene rings is 1. The topological polar surface area (TPSA) is 51.2 Å². The van der Waals surface area contributed by atoms with E-state index in [1.165, 1.54) is 0 Å². The summed E-state index contributed by atoms with van der Waals surface area (Å²) in [4.78, 5) is 16.5. The third-order valence-corrected chi connectivity index (χ3v) is 4.69. The fourth-order valence-corrected chi connectivity index (χ4v) is 3.35. The number of nitrogens with one attached hydrogen (secondary N) is 1. The summed E-state index contributed by atoms with van der Waals surface area (Å²) < 4.78 is 6.96. The number of hydrogen-bond donors (Lipinski definition) is 1. The Hall–Kier alpha value is -1.63. The summed E-state index contributed by atoms with van der Waals surface area (Å²) in [6.07, 6.45) is 5.68. The van der Waals surface area contributed by atoms with Crippen LogP contribution in [0.4, 0.5) is 0 Å². The van der Waals surface area contributed by atoms with Crippen molar-refractivity contribution in [1.82, 2.24) is 10.3 Å². The van der Waals surface area contributed by atoms with Crippen LogP contribution in [0.5, 0.6) is 5.88 Å². The Morgan fingerprint density at radius 1 is 1.13 bits per heavy atom. The first-order valence-electron chi connectivity index (χ1n) is 7.85. The highest BCUT2D eigenvalue weighted by Gasteiger charge is 2.24. The summed E-state index contributed by atoms with van der Waals surface area (Å²) >= 11 is 2.22. The van der Waals surface area contributed by atoms with Crippen LogP contribution in [0.25, 0.3) is 0 Å². The zero-order valence-electron chi connectivity index (χ0n) is 12.7. The molecule has 1 aliphatic carbocycles. The first-order chi connectivity index (χ1) is 11.2. The van der Waals surface area contributed by atoms with Gasteiger partial charge in [-0.1, -0.05) is 12.1 Å². The maximum absolute atomic E-state index is 12.3. The van der Waals surface area contributed by atoms with E-state index in [0.717, 1.165) is 34.8 Å². The maximum Gasteiger partial charge on any atom is 0.251 e. The lowest BCUT2D eigenvalue weighted by molar-refractivity contribution is 0.0890. The van der Waals surface area contributed by atoms with Crippen LogP contribution in [-0.2, 0) is 0 Å². The number of nitrogens with zero attached hydrogens (tertiary/aromatic N) is 1. The van der Waals surface area contributed by atoms with Gasteiger partial charge in [-0.3, -0.25) is 4.79 Å². The second-order valence-corrected chi connectivity index (χ2v) is 6.99. The molecule has 0 unspecified atom stereocenters. The van der Waals surface area contributed by atoms with Gasteiger partial charge < -0.3 is 10.1 Å². The van der Waals surface area contributed by atoms with Crippen LogP contribution in [0.15, 0.2) is 48.7 Å². The highest BCUT2D eigenvalue weighted by atomic mass is 127. The first kappa shape index (κ1) is 16.2. The Morgan fingerprint density at radius 2 is 1.96 bits per heavy atom. The normalized spacial score (nSPS) is 20.7. The van der Waals surface area contributed by atoms with E-state index in [1.807, 2.05) is 42.5 Å². The summed E-state index contributed by atoms with van der Waals surface area (Å²) in [6, 6.07) is 13.6. The molecule has 1 saturated carbocycles. The van der Waals surface area contributed by atoms with E-state index in [-0.39, 0.29) is 18.1 Å². The van der Waals surface area contributed by atoms with Crippen LogP contribution < -0.4 is 10.1 Å². The molecule has 0 radical (unpaired) electrons. The highest BCUT2D eigenvalue weighted by molar-refractivity contribution is 14.1. The molecule has 1 heterocycles. The average Bonchev–Trinajstić information content (AvgIpc) is 2.57. The standard InChI is InChI=1S/C18H19IN2O2/c19-14-5-3-4-13(12-14)18(22)21-15-7-9-16(10-8-15)23-17-6-1-2-11-20-17/h1-6,11-12,15-16H,7-10H2,(H,21,22). The van der Waals surface area contributed by atoms with E-state index in [2.05, 4.69) is 32.9 Å². The molecule has 1 N–H and O–H groups in total. The molecular formula is C18H19IN2O2. The smallest absolute Gasteiger partial charge is 0.251 e. The summed E-state index contributed by atoms with van der Waals surface area (Å²) in [6.45, 7) is 0. The third kappa shape index (κ3) is 4.67. The van der Waals surface area contributed by atoms with Crippen LogP contribution in [0.3, 0.4) is 0 Å². The maximum atomic E-state index is 12.3. The summed E-state index contributed by atoms with van der Waals surface area (Å²) in [5.41, 5.74) is 0.726. The van der Waals surface area contributed by atoms with Crippen molar-refractivity contribution in [3.63, 3.8) is 0 Å². The minimum atomic E-state index is 0.0117. The van der Waals surface area contributed by atoms with Gasteiger partial charge in [0.25, 0.3) is 5.91 Å². The number of ether oxygens (including phenoxy) is 1. The van der Waals surface area contributed by atoms with Gasteiger partial charge in [0.15, 0.2) is 0 Å². The van der Waals surface area contributed by atoms with Gasteiger partial charge in [-0.05, 0) is 72.5 Å². The molecule has 1 amide bonds. The first-order valence-corrected chi connectivity index (χ1v) is 8.93. The van der Waals surface area contributed by atoms with E-state index >= 15 is 0 Å². The van der Waals surface area contributed by atoms with Crippen LogP contribution in [0.1, 0.15) is 36.0 Å². The Morgan fingerprint density at radius 3 is 2.65 bits per heavy atom. The van der Waals surface area contributed by atoms with Crippen LogP contribution in [0, 0.1) is 3.57 Å². The zero-order valence-corrected chi connectivity index (χ0v) is 14.9. The number of pyridine rings is 1. The molecule has 3 rings (SSSR count). The fourth-order valence-electron chi connectivity index (χ4n) is 2.81. The Balaban J connectivity index is 1.48. The van der Waals surface area contributed by atoms with E-state index in [9.17, 15) is 4.79 Å². The quantitative estimate of drug-likeness (QED) is 0.763. The molecule has 0 spiro atoms. The number of amides is 1. The Bertz CT molecular complexity index is 655. The lowest BCUT2D eigenvalue weighted by atomic mass is 9.92. The summed E-state index contributed by atoms with van der Waals surface area (Å²) in [5.74, 6) is 0.691. The molecule has 0 bridgehead atoms. The molecule has 4 nitrogen and oxygen atoms in total. The van der Waals surface area contributed by atoms with Crippen molar-refractivity contribution in [1.29, 1.82) is 0 Å². The number of hydrogen-bond acceptors (Lipinski definition) is 3. The molecule has 120 valence electrons. The molecule has 0 saturated heterocycles. The largest absolute Gasteiger partial charge is 0.474 e. The van der Waals surface area contributed by atoms with Crippen molar-refractivity contribution in [3.8, 4) is 5.88 Å². The number of aromatic nitrogens is 1. The molecule has 1 aromatic carbocycles. The van der Waals surface area contributed by atoms with E-state index in [4.69, 9.17) is 4.74 Å². The van der Waals surface area contributed by atoms with Gasteiger partial charge in [0.05, 0.1) is 0 Å². The molecule has 0 aliphatic heterocycles. The predicted molar refractivity (Wildman–Crippen MR) is 97.5 cm³/mol. The molecule has 1 aliphatic rings. The van der Waals surface area contributed by atoms with Gasteiger partial charge in [0.1, 0.15) is 6.10 Å². The molecule has 23 heavy (non-hydrogen) atoms. The molecular weight excluding hydrogens is 403 g/mol. The van der Waals surface area contributed by atoms with E-state index < -0.39 is 0 Å². The lowest BCUT2D eigenvalue weighted by Crippen LogP contribution is -2.39. The highest BCUT2D eigenvalue weighted by Crippen LogP contribution is 2.23. The predicted octanol–water partition coefficient (Wildman–Crippen LogP) is 3.81. The van der Waals surface area contributed by atoms with Gasteiger partial charge in [-0.25, -0.2) is 4.98 Å². The molecule has 5 heteroatoms. The van der Waals surface area contributed by atoms with Crippen molar-refractivity contribution < 1.29 is 9.53 Å². The minimum Gasteiger partial charge on any atom is -0.474 e. The average molecular weight is 422 g/mol. The lowest BCUT2D eigenvalue weighted by Gasteiger charge is -2.29. The van der Waals surface area contributed by atoms with Gasteiger partial charge in [-0.15, -0.1) is 0 Å². The molecule has 1 aromatic heterocycles. The molecule has 1 fully saturated rings. The zero-order chi connectivity index (χ0) is 16.1. The monoisotopic (exact) mass is 422 g/mol. The van der Waals surface area contributed by atoms with Crippen LogP contribution in [-0.4, -0.2) is 23.0 Å². The van der Waals surface area contributed by atoms with Gasteiger partial charge in [0, 0.05) is 27.4 Å². The van der Waals surface area contributed by atoms with Gasteiger partial charge >= 0.3 is 0 Å². The number of rotatable bonds is 4. The van der Waals surface area contributed by atoms with Crippen molar-refractivity contribution >= 4 is 28.5 Å². The van der Waals surface area contributed by atoms with Crippen LogP contribution in [0.2, 0.25) is 0 Å². The minimum absolute atomic E-state index is 0.0117. The van der Waals surface area contributed by atoms with Crippen LogP contribution >= 0.6 is 22.6 Å². The van der Waals surface area contributed by atoms with Crippen molar-refractivity contribution in [2.45, 2.75) is 37.8 Å². The summed E-state index contributed by atoms with van der Waals surface area (Å²) in [7, 11) is 0. The van der Waals surface area contributed by atoms with Crippen molar-refractivity contribution in [3.05, 3.63) is 57.8 Å². The van der Waals surface area contributed by atoms with Crippen molar-refractivity contribution in [2.24, 2.45) is 0 Å².